The highest BCUT2D eigenvalue weighted by Gasteiger charge is 2.13. The minimum Gasteiger partial charge on any atom is -0.508 e. The van der Waals surface area contributed by atoms with Gasteiger partial charge < -0.3 is 14.6 Å². The van der Waals surface area contributed by atoms with Crippen LogP contribution < -0.4 is 9.47 Å². The fourth-order valence-electron chi connectivity index (χ4n) is 2.96. The molecule has 6 nitrogen and oxygen atoms in total. The van der Waals surface area contributed by atoms with E-state index >= 15 is 0 Å². The van der Waals surface area contributed by atoms with Gasteiger partial charge in [0.05, 0.1) is 11.1 Å². The average molecular weight is 412 g/mol. The minimum atomic E-state index is -0.587. The smallest absolute Gasteiger partial charge is 0.343 e. The van der Waals surface area contributed by atoms with Crippen LogP contribution in [-0.4, -0.2) is 23.3 Å². The fourth-order valence-corrected chi connectivity index (χ4v) is 2.96. The second-order valence-electron chi connectivity index (χ2n) is 6.74. The first-order valence-electron chi connectivity index (χ1n) is 9.34. The summed E-state index contributed by atoms with van der Waals surface area (Å²) >= 11 is 0. The number of benzene rings is 4. The van der Waals surface area contributed by atoms with Gasteiger partial charge in [-0.15, -0.1) is 0 Å². The predicted octanol–water partition coefficient (Wildman–Crippen LogP) is 4.80. The van der Waals surface area contributed by atoms with Gasteiger partial charge in [0, 0.05) is 5.56 Å². The van der Waals surface area contributed by atoms with E-state index in [0.717, 1.165) is 10.8 Å². The Kier molecular flexibility index (Phi) is 5.45. The predicted molar refractivity (Wildman–Crippen MR) is 114 cm³/mol. The number of aromatic hydroxyl groups is 1. The average Bonchev–Trinajstić information content (AvgIpc) is 2.79. The summed E-state index contributed by atoms with van der Waals surface area (Å²) in [6.45, 7) is 0. The summed E-state index contributed by atoms with van der Waals surface area (Å²) in [5.41, 5.74) is 1.02. The van der Waals surface area contributed by atoms with Crippen LogP contribution in [0, 0.1) is 0 Å². The van der Waals surface area contributed by atoms with Crippen molar-refractivity contribution in [3.8, 4) is 17.2 Å². The van der Waals surface area contributed by atoms with E-state index in [1.807, 2.05) is 0 Å². The number of phenols is 1. The molecular formula is C25H16O6. The first-order valence-corrected chi connectivity index (χ1v) is 9.34. The number of ether oxygens (including phenoxy) is 2. The molecule has 1 N–H and O–H groups in total. The van der Waals surface area contributed by atoms with Crippen LogP contribution in [0.4, 0.5) is 0 Å². The molecule has 4 aromatic carbocycles. The van der Waals surface area contributed by atoms with Gasteiger partial charge in [-0.05, 0) is 83.6 Å². The number of phenolic OH excluding ortho intramolecular Hbond substituents is 1. The van der Waals surface area contributed by atoms with Crippen LogP contribution in [0.15, 0.2) is 84.9 Å². The lowest BCUT2D eigenvalue weighted by Crippen LogP contribution is -2.11. The quantitative estimate of drug-likeness (QED) is 0.288. The second-order valence-corrected chi connectivity index (χ2v) is 6.74. The molecule has 0 radical (unpaired) electrons. The zero-order valence-corrected chi connectivity index (χ0v) is 16.1. The highest BCUT2D eigenvalue weighted by atomic mass is 16.5. The van der Waals surface area contributed by atoms with Crippen LogP contribution >= 0.6 is 0 Å². The lowest BCUT2D eigenvalue weighted by Gasteiger charge is -2.07. The molecule has 0 aliphatic heterocycles. The van der Waals surface area contributed by atoms with Crippen molar-refractivity contribution in [2.45, 2.75) is 0 Å². The van der Waals surface area contributed by atoms with Crippen LogP contribution in [-0.2, 0) is 0 Å². The van der Waals surface area contributed by atoms with E-state index in [9.17, 15) is 19.5 Å². The van der Waals surface area contributed by atoms with Crippen LogP contribution in [0.1, 0.15) is 31.1 Å². The summed E-state index contributed by atoms with van der Waals surface area (Å²) < 4.78 is 10.7. The number of rotatable bonds is 5. The van der Waals surface area contributed by atoms with Crippen molar-refractivity contribution < 1.29 is 29.0 Å². The Bertz CT molecular complexity index is 1270. The van der Waals surface area contributed by atoms with E-state index in [4.69, 9.17) is 9.47 Å². The van der Waals surface area contributed by atoms with Crippen LogP contribution in [0.5, 0.6) is 17.2 Å². The molecule has 0 unspecified atom stereocenters. The SMILES string of the molecule is O=Cc1ccc(OC(=O)c2ccc(C(=O)Oc3ccc4cc(O)ccc4c3)cc2)cc1. The molecule has 0 aliphatic rings. The van der Waals surface area contributed by atoms with Crippen LogP contribution in [0.2, 0.25) is 0 Å². The summed E-state index contributed by atoms with van der Waals surface area (Å²) in [5.74, 6) is -0.318. The molecule has 0 amide bonds. The first kappa shape index (κ1) is 19.8. The molecule has 0 atom stereocenters. The van der Waals surface area contributed by atoms with E-state index < -0.39 is 11.9 Å². The van der Waals surface area contributed by atoms with E-state index in [2.05, 4.69) is 0 Å². The molecule has 0 bridgehead atoms. The standard InChI is InChI=1S/C25H16O6/c26-15-16-1-10-22(11-2-16)30-24(28)17-3-5-18(6-4-17)25(29)31-23-12-8-19-13-21(27)9-7-20(19)14-23/h1-15,27H. The lowest BCUT2D eigenvalue weighted by atomic mass is 10.1. The number of fused-ring (bicyclic) bond motifs is 1. The summed E-state index contributed by atoms with van der Waals surface area (Å²) in [7, 11) is 0. The highest BCUT2D eigenvalue weighted by Crippen LogP contribution is 2.25. The molecular weight excluding hydrogens is 396 g/mol. The monoisotopic (exact) mass is 412 g/mol. The van der Waals surface area contributed by atoms with Crippen LogP contribution in [0.3, 0.4) is 0 Å². The number of carbonyl (C=O) groups is 3. The Morgan fingerprint density at radius 2 is 1.16 bits per heavy atom. The Labute approximate surface area is 177 Å². The van der Waals surface area contributed by atoms with E-state index in [1.54, 1.807) is 48.5 Å². The van der Waals surface area contributed by atoms with Gasteiger partial charge >= 0.3 is 11.9 Å². The zero-order chi connectivity index (χ0) is 21.8. The summed E-state index contributed by atoms with van der Waals surface area (Å²) in [6.07, 6.45) is 0.701. The third kappa shape index (κ3) is 4.59. The van der Waals surface area contributed by atoms with E-state index in [-0.39, 0.29) is 16.9 Å². The fraction of sp³-hybridized carbons (Fsp3) is 0. The Morgan fingerprint density at radius 1 is 0.645 bits per heavy atom. The maximum Gasteiger partial charge on any atom is 0.343 e. The van der Waals surface area contributed by atoms with Gasteiger partial charge in [0.2, 0.25) is 0 Å². The molecule has 31 heavy (non-hydrogen) atoms. The summed E-state index contributed by atoms with van der Waals surface area (Å²) in [6, 6.07) is 22.1. The van der Waals surface area contributed by atoms with Gasteiger partial charge in [0.25, 0.3) is 0 Å². The summed E-state index contributed by atoms with van der Waals surface area (Å²) in [5, 5.41) is 11.2. The zero-order valence-electron chi connectivity index (χ0n) is 16.1. The lowest BCUT2D eigenvalue weighted by molar-refractivity contribution is 0.0720. The molecule has 6 heteroatoms. The molecule has 0 spiro atoms. The molecule has 0 saturated carbocycles. The van der Waals surface area contributed by atoms with Gasteiger partial charge in [-0.1, -0.05) is 12.1 Å². The number of esters is 2. The van der Waals surface area contributed by atoms with E-state index in [1.165, 1.54) is 36.4 Å². The van der Waals surface area contributed by atoms with Crippen molar-refractivity contribution in [3.63, 3.8) is 0 Å². The highest BCUT2D eigenvalue weighted by molar-refractivity contribution is 5.95. The van der Waals surface area contributed by atoms with Gasteiger partial charge in [0.1, 0.15) is 23.5 Å². The van der Waals surface area contributed by atoms with Gasteiger partial charge in [-0.3, -0.25) is 4.79 Å². The first-order chi connectivity index (χ1) is 15.0. The molecule has 0 fully saturated rings. The normalized spacial score (nSPS) is 10.5. The van der Waals surface area contributed by atoms with Crippen molar-refractivity contribution in [1.82, 2.24) is 0 Å². The van der Waals surface area contributed by atoms with Gasteiger partial charge in [0.15, 0.2) is 0 Å². The minimum absolute atomic E-state index is 0.161. The Hall–Kier alpha value is -4.45. The van der Waals surface area contributed by atoms with Gasteiger partial charge in [-0.25, -0.2) is 9.59 Å². The maximum atomic E-state index is 12.4. The topological polar surface area (TPSA) is 89.9 Å². The molecule has 0 aromatic heterocycles. The molecule has 4 aromatic rings. The largest absolute Gasteiger partial charge is 0.508 e. The second kappa shape index (κ2) is 8.51. The van der Waals surface area contributed by atoms with Gasteiger partial charge in [-0.2, -0.15) is 0 Å². The van der Waals surface area contributed by atoms with Crippen molar-refractivity contribution >= 4 is 29.0 Å². The Balaban J connectivity index is 1.43. The number of aldehydes is 1. The van der Waals surface area contributed by atoms with E-state index in [0.29, 0.717) is 23.3 Å². The number of hydrogen-bond acceptors (Lipinski definition) is 6. The Morgan fingerprint density at radius 3 is 1.77 bits per heavy atom. The molecule has 4 rings (SSSR count). The van der Waals surface area contributed by atoms with Crippen molar-refractivity contribution in [2.75, 3.05) is 0 Å². The third-order valence-corrected chi connectivity index (χ3v) is 4.59. The van der Waals surface area contributed by atoms with Crippen molar-refractivity contribution in [3.05, 3.63) is 102 Å². The van der Waals surface area contributed by atoms with Crippen molar-refractivity contribution in [2.24, 2.45) is 0 Å². The molecule has 0 heterocycles. The molecule has 0 aliphatic carbocycles. The maximum absolute atomic E-state index is 12.4. The number of hydrogen-bond donors (Lipinski definition) is 1. The van der Waals surface area contributed by atoms with Crippen LogP contribution in [0.25, 0.3) is 10.8 Å². The number of carbonyl (C=O) groups excluding carboxylic acids is 3. The molecule has 0 saturated heterocycles. The molecule has 152 valence electrons. The van der Waals surface area contributed by atoms with Crippen molar-refractivity contribution in [1.29, 1.82) is 0 Å². The summed E-state index contributed by atoms with van der Waals surface area (Å²) in [4.78, 5) is 35.4. The third-order valence-electron chi connectivity index (χ3n) is 4.59.